The highest BCUT2D eigenvalue weighted by Gasteiger charge is 2.31. The van der Waals surface area contributed by atoms with Crippen molar-refractivity contribution in [2.24, 2.45) is 11.8 Å². The van der Waals surface area contributed by atoms with E-state index in [9.17, 15) is 4.79 Å². The van der Waals surface area contributed by atoms with Gasteiger partial charge in [-0.05, 0) is 44.6 Å². The van der Waals surface area contributed by atoms with Gasteiger partial charge in [0, 0.05) is 25.6 Å². The van der Waals surface area contributed by atoms with Gasteiger partial charge in [-0.1, -0.05) is 13.3 Å². The molecule has 2 rings (SSSR count). The van der Waals surface area contributed by atoms with Gasteiger partial charge in [-0.25, -0.2) is 0 Å². The third kappa shape index (κ3) is 3.21. The molecule has 1 saturated heterocycles. The zero-order chi connectivity index (χ0) is 12.3. The van der Waals surface area contributed by atoms with Crippen molar-refractivity contribution in [2.45, 2.75) is 51.5 Å². The number of likely N-dealkylation sites (N-methyl/N-ethyl adjacent to an activating group) is 1. The van der Waals surface area contributed by atoms with Gasteiger partial charge in [-0.3, -0.25) is 4.79 Å². The maximum absolute atomic E-state index is 12.3. The molecular formula is C14H26N2O. The van der Waals surface area contributed by atoms with Crippen molar-refractivity contribution in [1.82, 2.24) is 10.2 Å². The van der Waals surface area contributed by atoms with Crippen LogP contribution in [0.4, 0.5) is 0 Å². The van der Waals surface area contributed by atoms with Gasteiger partial charge < -0.3 is 10.2 Å². The quantitative estimate of drug-likeness (QED) is 0.812. The smallest absolute Gasteiger partial charge is 0.223 e. The van der Waals surface area contributed by atoms with Crippen molar-refractivity contribution < 1.29 is 4.79 Å². The van der Waals surface area contributed by atoms with Gasteiger partial charge in [-0.2, -0.15) is 0 Å². The number of hydrogen-bond acceptors (Lipinski definition) is 2. The standard InChI is InChI=1S/C14H26N2O/c1-11-5-6-12(8-11)9-14(17)16-7-3-4-13(16)10-15-2/h11-13,15H,3-10H2,1-2H3. The Hall–Kier alpha value is -0.570. The molecule has 3 unspecified atom stereocenters. The fraction of sp³-hybridized carbons (Fsp3) is 0.929. The maximum Gasteiger partial charge on any atom is 0.223 e. The van der Waals surface area contributed by atoms with Gasteiger partial charge in [0.05, 0.1) is 0 Å². The Morgan fingerprint density at radius 1 is 1.35 bits per heavy atom. The third-order valence-corrected chi connectivity index (χ3v) is 4.40. The van der Waals surface area contributed by atoms with Gasteiger partial charge in [0.1, 0.15) is 0 Å². The van der Waals surface area contributed by atoms with Crippen molar-refractivity contribution in [3.8, 4) is 0 Å². The zero-order valence-corrected chi connectivity index (χ0v) is 11.2. The van der Waals surface area contributed by atoms with Crippen LogP contribution in [0.15, 0.2) is 0 Å². The van der Waals surface area contributed by atoms with Crippen molar-refractivity contribution in [3.05, 3.63) is 0 Å². The van der Waals surface area contributed by atoms with Gasteiger partial charge in [-0.15, -0.1) is 0 Å². The molecule has 17 heavy (non-hydrogen) atoms. The summed E-state index contributed by atoms with van der Waals surface area (Å²) >= 11 is 0. The molecule has 3 nitrogen and oxygen atoms in total. The topological polar surface area (TPSA) is 32.3 Å². The Morgan fingerprint density at radius 2 is 2.18 bits per heavy atom. The summed E-state index contributed by atoms with van der Waals surface area (Å²) in [7, 11) is 1.97. The molecule has 1 heterocycles. The molecular weight excluding hydrogens is 212 g/mol. The van der Waals surface area contributed by atoms with Crippen molar-refractivity contribution in [2.75, 3.05) is 20.1 Å². The summed E-state index contributed by atoms with van der Waals surface area (Å²) in [6.07, 6.45) is 6.99. The van der Waals surface area contributed by atoms with E-state index in [1.165, 1.54) is 32.1 Å². The van der Waals surface area contributed by atoms with E-state index >= 15 is 0 Å². The Labute approximate surface area is 105 Å². The van der Waals surface area contributed by atoms with Crippen LogP contribution in [0, 0.1) is 11.8 Å². The lowest BCUT2D eigenvalue weighted by Gasteiger charge is -2.25. The highest BCUT2D eigenvalue weighted by atomic mass is 16.2. The second-order valence-corrected chi connectivity index (χ2v) is 5.93. The second-order valence-electron chi connectivity index (χ2n) is 5.93. The van der Waals surface area contributed by atoms with Gasteiger partial charge >= 0.3 is 0 Å². The molecule has 2 fully saturated rings. The predicted octanol–water partition coefficient (Wildman–Crippen LogP) is 2.02. The lowest BCUT2D eigenvalue weighted by atomic mass is 10.0. The summed E-state index contributed by atoms with van der Waals surface area (Å²) in [4.78, 5) is 14.4. The fourth-order valence-corrected chi connectivity index (χ4v) is 3.49. The first-order valence-electron chi connectivity index (χ1n) is 7.14. The molecule has 1 aliphatic carbocycles. The number of nitrogens with zero attached hydrogens (tertiary/aromatic N) is 1. The molecule has 0 spiro atoms. The minimum Gasteiger partial charge on any atom is -0.338 e. The van der Waals surface area contributed by atoms with E-state index in [0.717, 1.165) is 25.4 Å². The SMILES string of the molecule is CNCC1CCCN1C(=O)CC1CCC(C)C1. The van der Waals surface area contributed by atoms with Crippen LogP contribution in [0.5, 0.6) is 0 Å². The summed E-state index contributed by atoms with van der Waals surface area (Å²) in [5.74, 6) is 1.90. The maximum atomic E-state index is 12.3. The number of hydrogen-bond donors (Lipinski definition) is 1. The van der Waals surface area contributed by atoms with E-state index in [2.05, 4.69) is 17.1 Å². The number of amides is 1. The lowest BCUT2D eigenvalue weighted by Crippen LogP contribution is -2.41. The van der Waals surface area contributed by atoms with Crippen LogP contribution in [-0.2, 0) is 4.79 Å². The first-order valence-corrected chi connectivity index (χ1v) is 7.14. The first kappa shape index (κ1) is 12.9. The van der Waals surface area contributed by atoms with E-state index in [1.807, 2.05) is 7.05 Å². The van der Waals surface area contributed by atoms with E-state index < -0.39 is 0 Å². The summed E-state index contributed by atoms with van der Waals surface area (Å²) in [5, 5.41) is 3.20. The molecule has 0 radical (unpaired) electrons. The second kappa shape index (κ2) is 5.85. The zero-order valence-electron chi connectivity index (χ0n) is 11.2. The first-order chi connectivity index (χ1) is 8.20. The summed E-state index contributed by atoms with van der Waals surface area (Å²) in [5.41, 5.74) is 0. The van der Waals surface area contributed by atoms with Gasteiger partial charge in [0.15, 0.2) is 0 Å². The lowest BCUT2D eigenvalue weighted by molar-refractivity contribution is -0.132. The monoisotopic (exact) mass is 238 g/mol. The molecule has 0 bridgehead atoms. The Balaban J connectivity index is 1.82. The van der Waals surface area contributed by atoms with Crippen LogP contribution in [0.2, 0.25) is 0 Å². The van der Waals surface area contributed by atoms with Crippen LogP contribution in [0.3, 0.4) is 0 Å². The van der Waals surface area contributed by atoms with Crippen LogP contribution >= 0.6 is 0 Å². The van der Waals surface area contributed by atoms with Crippen LogP contribution in [-0.4, -0.2) is 37.0 Å². The molecule has 0 aromatic carbocycles. The highest BCUT2D eigenvalue weighted by Crippen LogP contribution is 2.33. The number of nitrogens with one attached hydrogen (secondary N) is 1. The van der Waals surface area contributed by atoms with E-state index in [1.54, 1.807) is 0 Å². The molecule has 1 aliphatic heterocycles. The van der Waals surface area contributed by atoms with Crippen LogP contribution in [0.25, 0.3) is 0 Å². The van der Waals surface area contributed by atoms with Gasteiger partial charge in [0.2, 0.25) is 5.91 Å². The number of carbonyl (C=O) groups excluding carboxylic acids is 1. The van der Waals surface area contributed by atoms with Crippen LogP contribution in [0.1, 0.15) is 45.4 Å². The summed E-state index contributed by atoms with van der Waals surface area (Å²) in [6, 6.07) is 0.450. The Kier molecular flexibility index (Phi) is 4.43. The fourth-order valence-electron chi connectivity index (χ4n) is 3.49. The van der Waals surface area contributed by atoms with Crippen molar-refractivity contribution in [1.29, 1.82) is 0 Å². The third-order valence-electron chi connectivity index (χ3n) is 4.40. The molecule has 98 valence electrons. The van der Waals surface area contributed by atoms with Crippen LogP contribution < -0.4 is 5.32 Å². The number of rotatable bonds is 4. The average molecular weight is 238 g/mol. The summed E-state index contributed by atoms with van der Waals surface area (Å²) in [6.45, 7) is 4.24. The largest absolute Gasteiger partial charge is 0.338 e. The molecule has 3 heteroatoms. The number of likely N-dealkylation sites (tertiary alicyclic amines) is 1. The Morgan fingerprint density at radius 3 is 2.82 bits per heavy atom. The molecule has 0 aromatic heterocycles. The Bertz CT molecular complexity index is 267. The molecule has 1 amide bonds. The highest BCUT2D eigenvalue weighted by molar-refractivity contribution is 5.77. The number of carbonyl (C=O) groups is 1. The van der Waals surface area contributed by atoms with Crippen molar-refractivity contribution in [3.63, 3.8) is 0 Å². The van der Waals surface area contributed by atoms with Gasteiger partial charge in [0.25, 0.3) is 0 Å². The van der Waals surface area contributed by atoms with Crippen molar-refractivity contribution >= 4 is 5.91 Å². The molecule has 2 aliphatic rings. The summed E-state index contributed by atoms with van der Waals surface area (Å²) < 4.78 is 0. The average Bonchev–Trinajstić information content (AvgIpc) is 2.88. The minimum absolute atomic E-state index is 0.404. The normalized spacial score (nSPS) is 33.3. The van der Waals surface area contributed by atoms with E-state index in [4.69, 9.17) is 0 Å². The molecule has 3 atom stereocenters. The molecule has 1 saturated carbocycles. The van der Waals surface area contributed by atoms with E-state index in [-0.39, 0.29) is 0 Å². The van der Waals surface area contributed by atoms with E-state index in [0.29, 0.717) is 17.9 Å². The minimum atomic E-state index is 0.404. The molecule has 1 N–H and O–H groups in total. The predicted molar refractivity (Wildman–Crippen MR) is 69.8 cm³/mol. The molecule has 0 aromatic rings.